The number of hydrogen-bond donors (Lipinski definition) is 3. The standard InChI is InChI=1S/C9H17NO3/c1-2-4-8(11)7-10-6-3-5-9(12)13/h3,5,8,10-11H,2,4,6-7H2,1H3,(H,12,13)/b5-3+. The van der Waals surface area contributed by atoms with Crippen LogP contribution in [0.3, 0.4) is 0 Å². The van der Waals surface area contributed by atoms with E-state index < -0.39 is 5.97 Å². The van der Waals surface area contributed by atoms with Crippen LogP contribution in [0.15, 0.2) is 12.2 Å². The van der Waals surface area contributed by atoms with Gasteiger partial charge in [0.1, 0.15) is 0 Å². The summed E-state index contributed by atoms with van der Waals surface area (Å²) in [5.41, 5.74) is 0. The molecule has 0 aliphatic rings. The minimum Gasteiger partial charge on any atom is -0.478 e. The van der Waals surface area contributed by atoms with Gasteiger partial charge in [0.25, 0.3) is 0 Å². The molecule has 1 atom stereocenters. The van der Waals surface area contributed by atoms with E-state index in [0.717, 1.165) is 18.9 Å². The van der Waals surface area contributed by atoms with Crippen LogP contribution >= 0.6 is 0 Å². The first kappa shape index (κ1) is 12.1. The molecule has 0 heterocycles. The first-order valence-electron chi connectivity index (χ1n) is 4.45. The lowest BCUT2D eigenvalue weighted by molar-refractivity contribution is -0.131. The Morgan fingerprint density at radius 1 is 1.62 bits per heavy atom. The van der Waals surface area contributed by atoms with Crippen LogP contribution in [0.4, 0.5) is 0 Å². The highest BCUT2D eigenvalue weighted by molar-refractivity contribution is 5.79. The van der Waals surface area contributed by atoms with Crippen molar-refractivity contribution in [2.75, 3.05) is 13.1 Å². The third-order valence-electron chi connectivity index (χ3n) is 1.52. The van der Waals surface area contributed by atoms with E-state index >= 15 is 0 Å². The zero-order valence-electron chi connectivity index (χ0n) is 7.86. The third-order valence-corrected chi connectivity index (χ3v) is 1.52. The maximum absolute atomic E-state index is 10.0. The molecular formula is C9H17NO3. The molecular weight excluding hydrogens is 170 g/mol. The number of carboxylic acid groups (broad SMARTS) is 1. The highest BCUT2D eigenvalue weighted by atomic mass is 16.4. The number of aliphatic hydroxyl groups is 1. The molecule has 0 saturated carbocycles. The van der Waals surface area contributed by atoms with Crippen LogP contribution in [-0.2, 0) is 4.79 Å². The van der Waals surface area contributed by atoms with E-state index in [0.29, 0.717) is 13.1 Å². The van der Waals surface area contributed by atoms with Crippen molar-refractivity contribution in [2.24, 2.45) is 0 Å². The molecule has 4 nitrogen and oxygen atoms in total. The van der Waals surface area contributed by atoms with Crippen molar-refractivity contribution in [3.05, 3.63) is 12.2 Å². The normalized spacial score (nSPS) is 13.4. The van der Waals surface area contributed by atoms with Crippen molar-refractivity contribution >= 4 is 5.97 Å². The third kappa shape index (κ3) is 9.04. The Hall–Kier alpha value is -0.870. The summed E-state index contributed by atoms with van der Waals surface area (Å²) in [6.45, 7) is 3.00. The second-order valence-corrected chi connectivity index (χ2v) is 2.84. The van der Waals surface area contributed by atoms with Crippen LogP contribution < -0.4 is 5.32 Å². The van der Waals surface area contributed by atoms with Crippen molar-refractivity contribution in [1.29, 1.82) is 0 Å². The zero-order chi connectivity index (χ0) is 10.1. The van der Waals surface area contributed by atoms with E-state index in [9.17, 15) is 9.90 Å². The minimum atomic E-state index is -0.948. The lowest BCUT2D eigenvalue weighted by Crippen LogP contribution is -2.26. The van der Waals surface area contributed by atoms with Crippen molar-refractivity contribution in [3.63, 3.8) is 0 Å². The summed E-state index contributed by atoms with van der Waals surface area (Å²) in [4.78, 5) is 10.0. The predicted molar refractivity (Wildman–Crippen MR) is 50.6 cm³/mol. The molecule has 0 saturated heterocycles. The van der Waals surface area contributed by atoms with Gasteiger partial charge in [-0.2, -0.15) is 0 Å². The quantitative estimate of drug-likeness (QED) is 0.398. The molecule has 0 spiro atoms. The Labute approximate surface area is 78.3 Å². The first-order valence-corrected chi connectivity index (χ1v) is 4.45. The fourth-order valence-corrected chi connectivity index (χ4v) is 0.928. The van der Waals surface area contributed by atoms with Gasteiger partial charge in [-0.15, -0.1) is 0 Å². The topological polar surface area (TPSA) is 69.6 Å². The minimum absolute atomic E-state index is 0.330. The van der Waals surface area contributed by atoms with Crippen molar-refractivity contribution in [3.8, 4) is 0 Å². The fraction of sp³-hybridized carbons (Fsp3) is 0.667. The lowest BCUT2D eigenvalue weighted by Gasteiger charge is -2.08. The Morgan fingerprint density at radius 3 is 2.85 bits per heavy atom. The van der Waals surface area contributed by atoms with E-state index in [1.807, 2.05) is 6.92 Å². The Bertz CT molecular complexity index is 168. The maximum Gasteiger partial charge on any atom is 0.328 e. The first-order chi connectivity index (χ1) is 6.16. The molecule has 1 unspecified atom stereocenters. The molecule has 0 aromatic carbocycles. The van der Waals surface area contributed by atoms with E-state index in [4.69, 9.17) is 5.11 Å². The number of aliphatic hydroxyl groups excluding tert-OH is 1. The van der Waals surface area contributed by atoms with Crippen LogP contribution in [0.1, 0.15) is 19.8 Å². The van der Waals surface area contributed by atoms with Crippen LogP contribution in [-0.4, -0.2) is 35.4 Å². The Kier molecular flexibility index (Phi) is 7.24. The molecule has 0 radical (unpaired) electrons. The summed E-state index contributed by atoms with van der Waals surface area (Å²) in [6.07, 6.45) is 3.99. The molecule has 0 rings (SSSR count). The lowest BCUT2D eigenvalue weighted by atomic mass is 10.2. The molecule has 13 heavy (non-hydrogen) atoms. The molecule has 0 aromatic heterocycles. The fourth-order valence-electron chi connectivity index (χ4n) is 0.928. The monoisotopic (exact) mass is 187 g/mol. The molecule has 3 N–H and O–H groups in total. The zero-order valence-corrected chi connectivity index (χ0v) is 7.86. The second-order valence-electron chi connectivity index (χ2n) is 2.84. The number of carbonyl (C=O) groups is 1. The summed E-state index contributed by atoms with van der Waals surface area (Å²) < 4.78 is 0. The molecule has 0 bridgehead atoms. The van der Waals surface area contributed by atoms with Gasteiger partial charge in [-0.1, -0.05) is 19.4 Å². The molecule has 0 aliphatic heterocycles. The van der Waals surface area contributed by atoms with Gasteiger partial charge in [0.2, 0.25) is 0 Å². The van der Waals surface area contributed by atoms with Gasteiger partial charge in [-0.05, 0) is 6.42 Å². The number of carboxylic acids is 1. The van der Waals surface area contributed by atoms with E-state index in [1.165, 1.54) is 6.08 Å². The summed E-state index contributed by atoms with van der Waals surface area (Å²) >= 11 is 0. The number of nitrogens with one attached hydrogen (secondary N) is 1. The van der Waals surface area contributed by atoms with E-state index in [1.54, 1.807) is 0 Å². The maximum atomic E-state index is 10.0. The van der Waals surface area contributed by atoms with Crippen molar-refractivity contribution < 1.29 is 15.0 Å². The van der Waals surface area contributed by atoms with Crippen LogP contribution in [0.5, 0.6) is 0 Å². The van der Waals surface area contributed by atoms with Gasteiger partial charge in [0, 0.05) is 19.2 Å². The molecule has 76 valence electrons. The van der Waals surface area contributed by atoms with Gasteiger partial charge in [0.15, 0.2) is 0 Å². The smallest absolute Gasteiger partial charge is 0.328 e. The van der Waals surface area contributed by atoms with Gasteiger partial charge < -0.3 is 15.5 Å². The van der Waals surface area contributed by atoms with E-state index in [-0.39, 0.29) is 6.10 Å². The summed E-state index contributed by atoms with van der Waals surface area (Å²) in [7, 11) is 0. The average molecular weight is 187 g/mol. The van der Waals surface area contributed by atoms with Gasteiger partial charge in [0.05, 0.1) is 6.10 Å². The van der Waals surface area contributed by atoms with Crippen LogP contribution in [0.25, 0.3) is 0 Å². The van der Waals surface area contributed by atoms with Crippen molar-refractivity contribution in [1.82, 2.24) is 5.32 Å². The number of hydrogen-bond acceptors (Lipinski definition) is 3. The SMILES string of the molecule is CCCC(O)CNC/C=C/C(=O)O. The van der Waals surface area contributed by atoms with Gasteiger partial charge >= 0.3 is 5.97 Å². The summed E-state index contributed by atoms with van der Waals surface area (Å²) in [6, 6.07) is 0. The van der Waals surface area contributed by atoms with Crippen LogP contribution in [0.2, 0.25) is 0 Å². The Balaban J connectivity index is 3.29. The average Bonchev–Trinajstić information content (AvgIpc) is 2.03. The van der Waals surface area contributed by atoms with E-state index in [2.05, 4.69) is 5.32 Å². The molecule has 0 aromatic rings. The highest BCUT2D eigenvalue weighted by Gasteiger charge is 1.99. The van der Waals surface area contributed by atoms with Gasteiger partial charge in [-0.3, -0.25) is 0 Å². The van der Waals surface area contributed by atoms with Crippen LogP contribution in [0, 0.1) is 0 Å². The highest BCUT2D eigenvalue weighted by Crippen LogP contribution is 1.93. The summed E-state index contributed by atoms with van der Waals surface area (Å²) in [5, 5.41) is 20.4. The Morgan fingerprint density at radius 2 is 2.31 bits per heavy atom. The van der Waals surface area contributed by atoms with Crippen molar-refractivity contribution in [2.45, 2.75) is 25.9 Å². The predicted octanol–water partition coefficient (Wildman–Crippen LogP) is 0.378. The number of aliphatic carboxylic acids is 1. The van der Waals surface area contributed by atoms with Gasteiger partial charge in [-0.25, -0.2) is 4.79 Å². The summed E-state index contributed by atoms with van der Waals surface area (Å²) in [5.74, 6) is -0.948. The molecule has 0 amide bonds. The second kappa shape index (κ2) is 7.76. The molecule has 0 aliphatic carbocycles. The largest absolute Gasteiger partial charge is 0.478 e. The molecule has 4 heteroatoms. The molecule has 0 fully saturated rings. The number of rotatable bonds is 7.